The summed E-state index contributed by atoms with van der Waals surface area (Å²) < 4.78 is 11.5. The van der Waals surface area contributed by atoms with Crippen LogP contribution in [0.2, 0.25) is 0 Å². The van der Waals surface area contributed by atoms with Crippen LogP contribution in [0.1, 0.15) is 71.8 Å². The highest BCUT2D eigenvalue weighted by atomic mass is 16.6. The molecule has 2 saturated heterocycles. The van der Waals surface area contributed by atoms with Crippen LogP contribution in [0.4, 0.5) is 0 Å². The van der Waals surface area contributed by atoms with Crippen molar-refractivity contribution in [1.29, 1.82) is 0 Å². The molecule has 34 heavy (non-hydrogen) atoms. The van der Waals surface area contributed by atoms with Gasteiger partial charge >= 0.3 is 11.8 Å². The van der Waals surface area contributed by atoms with Gasteiger partial charge in [0.05, 0.1) is 6.10 Å². The summed E-state index contributed by atoms with van der Waals surface area (Å²) in [5.41, 5.74) is 1.18. The average molecular weight is 474 g/mol. The van der Waals surface area contributed by atoms with Crippen molar-refractivity contribution in [2.45, 2.75) is 96.7 Å². The molecule has 3 rings (SSSR count). The number of likely N-dealkylation sites (tertiary alicyclic amines) is 1. The second kappa shape index (κ2) is 11.5. The van der Waals surface area contributed by atoms with Gasteiger partial charge < -0.3 is 19.5 Å². The number of ether oxygens (including phenoxy) is 2. The lowest BCUT2D eigenvalue weighted by atomic mass is 9.92. The van der Waals surface area contributed by atoms with Crippen molar-refractivity contribution in [1.82, 2.24) is 4.90 Å². The number of esters is 1. The van der Waals surface area contributed by atoms with Gasteiger partial charge in [-0.1, -0.05) is 44.2 Å². The molecule has 7 nitrogen and oxygen atoms in total. The molecule has 0 saturated carbocycles. The maximum absolute atomic E-state index is 13.5. The molecule has 188 valence electrons. The first-order chi connectivity index (χ1) is 16.2. The Morgan fingerprint density at radius 2 is 1.88 bits per heavy atom. The maximum atomic E-state index is 13.5. The van der Waals surface area contributed by atoms with E-state index in [9.17, 15) is 19.5 Å². The molecule has 0 spiro atoms. The number of piperidine rings is 1. The van der Waals surface area contributed by atoms with Gasteiger partial charge in [0.2, 0.25) is 5.78 Å². The standard InChI is InChI=1S/C27H39NO6/c1-5-22(17-21-11-7-6-8-12-21)20(4)33-25(30)23-13-9-10-16-28(23)26(31)27(32)24(29)18(2)14-15-19(3)34-27/h6-8,11-12,18-20,22-23,32H,5,9-10,13-17H2,1-4H3. The molecular weight excluding hydrogens is 434 g/mol. The number of amides is 1. The summed E-state index contributed by atoms with van der Waals surface area (Å²) in [6.07, 6.45) is 3.85. The third-order valence-corrected chi connectivity index (χ3v) is 7.32. The molecule has 2 fully saturated rings. The zero-order valence-corrected chi connectivity index (χ0v) is 20.9. The van der Waals surface area contributed by atoms with Crippen LogP contribution < -0.4 is 0 Å². The third-order valence-electron chi connectivity index (χ3n) is 7.32. The van der Waals surface area contributed by atoms with Gasteiger partial charge in [0, 0.05) is 12.5 Å². The summed E-state index contributed by atoms with van der Waals surface area (Å²) in [5.74, 6) is -4.90. The molecule has 0 aliphatic carbocycles. The van der Waals surface area contributed by atoms with E-state index in [0.29, 0.717) is 25.7 Å². The molecular formula is C27H39NO6. The number of aliphatic hydroxyl groups is 1. The Bertz CT molecular complexity index is 858. The molecule has 0 bridgehead atoms. The first-order valence-electron chi connectivity index (χ1n) is 12.7. The van der Waals surface area contributed by atoms with Crippen molar-refractivity contribution in [3.05, 3.63) is 35.9 Å². The van der Waals surface area contributed by atoms with Crippen molar-refractivity contribution >= 4 is 17.7 Å². The van der Waals surface area contributed by atoms with Gasteiger partial charge in [0.15, 0.2) is 0 Å². The van der Waals surface area contributed by atoms with Gasteiger partial charge in [-0.15, -0.1) is 0 Å². The average Bonchev–Trinajstić information content (AvgIpc) is 2.94. The fraction of sp³-hybridized carbons (Fsp3) is 0.667. The van der Waals surface area contributed by atoms with Gasteiger partial charge in [-0.3, -0.25) is 9.59 Å². The van der Waals surface area contributed by atoms with Crippen LogP contribution in [-0.4, -0.2) is 58.2 Å². The van der Waals surface area contributed by atoms with E-state index in [-0.39, 0.29) is 18.6 Å². The van der Waals surface area contributed by atoms with Crippen LogP contribution in [0.3, 0.4) is 0 Å². The fourth-order valence-electron chi connectivity index (χ4n) is 5.05. The van der Waals surface area contributed by atoms with Crippen molar-refractivity contribution < 1.29 is 29.0 Å². The van der Waals surface area contributed by atoms with Gasteiger partial charge in [-0.2, -0.15) is 0 Å². The Balaban J connectivity index is 1.73. The molecule has 1 amide bonds. The predicted molar refractivity (Wildman–Crippen MR) is 128 cm³/mol. The first kappa shape index (κ1) is 26.4. The Hall–Kier alpha value is -2.25. The SMILES string of the molecule is CCC(Cc1ccccc1)C(C)OC(=O)C1CCCCN1C(=O)C1(O)OC(C)CCC(C)C1=O. The summed E-state index contributed by atoms with van der Waals surface area (Å²) in [6, 6.07) is 9.24. The van der Waals surface area contributed by atoms with E-state index in [1.807, 2.05) is 25.1 Å². The van der Waals surface area contributed by atoms with Gasteiger partial charge in [-0.25, -0.2) is 4.79 Å². The number of carbonyl (C=O) groups is 3. The van der Waals surface area contributed by atoms with E-state index in [2.05, 4.69) is 19.1 Å². The van der Waals surface area contributed by atoms with E-state index in [1.54, 1.807) is 13.8 Å². The lowest BCUT2D eigenvalue weighted by Gasteiger charge is -2.39. The Kier molecular flexibility index (Phi) is 8.88. The smallest absolute Gasteiger partial charge is 0.329 e. The van der Waals surface area contributed by atoms with E-state index in [4.69, 9.17) is 9.47 Å². The number of rotatable bonds is 7. The second-order valence-electron chi connectivity index (χ2n) is 9.93. The van der Waals surface area contributed by atoms with E-state index < -0.39 is 41.5 Å². The van der Waals surface area contributed by atoms with E-state index in [1.165, 1.54) is 10.5 Å². The zero-order valence-electron chi connectivity index (χ0n) is 20.9. The van der Waals surface area contributed by atoms with Crippen LogP contribution in [0.5, 0.6) is 0 Å². The molecule has 7 heteroatoms. The largest absolute Gasteiger partial charge is 0.461 e. The van der Waals surface area contributed by atoms with E-state index in [0.717, 1.165) is 19.3 Å². The molecule has 2 aliphatic heterocycles. The topological polar surface area (TPSA) is 93.1 Å². The highest BCUT2D eigenvalue weighted by molar-refractivity contribution is 6.09. The Labute approximate surface area is 202 Å². The van der Waals surface area contributed by atoms with Gasteiger partial charge in [-0.05, 0) is 70.3 Å². The number of carbonyl (C=O) groups excluding carboxylic acids is 3. The number of nitrogens with zero attached hydrogens (tertiary/aromatic N) is 1. The molecule has 1 N–H and O–H groups in total. The number of benzene rings is 1. The van der Waals surface area contributed by atoms with Crippen molar-refractivity contribution in [3.63, 3.8) is 0 Å². The van der Waals surface area contributed by atoms with Crippen LogP contribution in [0.25, 0.3) is 0 Å². The highest BCUT2D eigenvalue weighted by Gasteiger charge is 2.54. The first-order valence-corrected chi connectivity index (χ1v) is 12.7. The number of hydrogen-bond donors (Lipinski definition) is 1. The van der Waals surface area contributed by atoms with Crippen LogP contribution in [0.15, 0.2) is 30.3 Å². The number of Topliss-reactive ketones (excluding diaryl/α,β-unsaturated/α-hetero) is 1. The predicted octanol–water partition coefficient (Wildman–Crippen LogP) is 3.66. The minimum atomic E-state index is -2.56. The van der Waals surface area contributed by atoms with Crippen molar-refractivity contribution in [2.24, 2.45) is 11.8 Å². The number of ketones is 1. The van der Waals surface area contributed by atoms with E-state index >= 15 is 0 Å². The summed E-state index contributed by atoms with van der Waals surface area (Å²) in [7, 11) is 0. The highest BCUT2D eigenvalue weighted by Crippen LogP contribution is 2.31. The summed E-state index contributed by atoms with van der Waals surface area (Å²) in [4.78, 5) is 40.9. The molecule has 2 heterocycles. The normalized spacial score (nSPS) is 29.7. The second-order valence-corrected chi connectivity index (χ2v) is 9.93. The van der Waals surface area contributed by atoms with Crippen molar-refractivity contribution in [3.8, 4) is 0 Å². The lowest BCUT2D eigenvalue weighted by Crippen LogP contribution is -2.62. The van der Waals surface area contributed by atoms with Gasteiger partial charge in [0.1, 0.15) is 12.1 Å². The zero-order chi connectivity index (χ0) is 24.9. The third kappa shape index (κ3) is 5.87. The molecule has 6 unspecified atom stereocenters. The molecule has 0 aromatic heterocycles. The Morgan fingerprint density at radius 1 is 1.18 bits per heavy atom. The number of hydrogen-bond acceptors (Lipinski definition) is 6. The molecule has 2 aliphatic rings. The minimum absolute atomic E-state index is 0.136. The van der Waals surface area contributed by atoms with Crippen LogP contribution in [-0.2, 0) is 30.3 Å². The van der Waals surface area contributed by atoms with Crippen LogP contribution in [0, 0.1) is 11.8 Å². The molecule has 0 radical (unpaired) electrons. The van der Waals surface area contributed by atoms with Gasteiger partial charge in [0.25, 0.3) is 5.91 Å². The van der Waals surface area contributed by atoms with Crippen molar-refractivity contribution in [2.75, 3.05) is 6.54 Å². The summed E-state index contributed by atoms with van der Waals surface area (Å²) >= 11 is 0. The lowest BCUT2D eigenvalue weighted by molar-refractivity contribution is -0.227. The molecule has 1 aromatic rings. The summed E-state index contributed by atoms with van der Waals surface area (Å²) in [5, 5.41) is 11.1. The maximum Gasteiger partial charge on any atom is 0.329 e. The monoisotopic (exact) mass is 473 g/mol. The molecule has 1 aromatic carbocycles. The van der Waals surface area contributed by atoms with Crippen LogP contribution >= 0.6 is 0 Å². The summed E-state index contributed by atoms with van der Waals surface area (Å²) in [6.45, 7) is 7.67. The fourth-order valence-corrected chi connectivity index (χ4v) is 5.05. The quantitative estimate of drug-likeness (QED) is 0.480. The molecule has 6 atom stereocenters. The Morgan fingerprint density at radius 3 is 2.56 bits per heavy atom. The minimum Gasteiger partial charge on any atom is -0.461 e.